The number of rotatable bonds is 1. The second kappa shape index (κ2) is 3.28. The Morgan fingerprint density at radius 1 is 1.40 bits per heavy atom. The summed E-state index contributed by atoms with van der Waals surface area (Å²) in [5.41, 5.74) is 0. The molecule has 0 bridgehead atoms. The molecule has 0 spiro atoms. The monoisotopic (exact) mass is 160 g/mol. The molecule has 58 valence electrons. The van der Waals surface area contributed by atoms with E-state index in [0.29, 0.717) is 0 Å². The number of hydrogen-bond donors (Lipinski definition) is 2. The van der Waals surface area contributed by atoms with Gasteiger partial charge in [-0.1, -0.05) is 12.8 Å². The number of aliphatic carboxylic acids is 1. The van der Waals surface area contributed by atoms with E-state index >= 15 is 0 Å². The summed E-state index contributed by atoms with van der Waals surface area (Å²) < 4.78 is 0. The van der Waals surface area contributed by atoms with Gasteiger partial charge in [-0.15, -0.1) is 0 Å². The molecule has 0 aromatic heterocycles. The minimum Gasteiger partial charge on any atom is -0.481 e. The van der Waals surface area contributed by atoms with Crippen LogP contribution in [0.4, 0.5) is 0 Å². The number of hydrogen-bond acceptors (Lipinski definition) is 2. The largest absolute Gasteiger partial charge is 0.481 e. The second-order valence-electron chi connectivity index (χ2n) is 2.80. The van der Waals surface area contributed by atoms with Gasteiger partial charge in [0.1, 0.15) is 0 Å². The van der Waals surface area contributed by atoms with E-state index in [0.717, 1.165) is 25.7 Å². The smallest absolute Gasteiger partial charge is 0.307 e. The van der Waals surface area contributed by atoms with Crippen LogP contribution in [0.2, 0.25) is 0 Å². The van der Waals surface area contributed by atoms with Gasteiger partial charge in [-0.2, -0.15) is 12.6 Å². The van der Waals surface area contributed by atoms with E-state index in [4.69, 9.17) is 5.11 Å². The molecule has 3 heteroatoms. The molecule has 0 unspecified atom stereocenters. The number of carboxylic acid groups (broad SMARTS) is 1. The second-order valence-corrected chi connectivity index (χ2v) is 3.46. The highest BCUT2D eigenvalue weighted by Crippen LogP contribution is 2.28. The summed E-state index contributed by atoms with van der Waals surface area (Å²) in [5.74, 6) is -0.878. The van der Waals surface area contributed by atoms with Crippen LogP contribution >= 0.6 is 12.6 Å². The molecule has 10 heavy (non-hydrogen) atoms. The predicted molar refractivity (Wildman–Crippen MR) is 42.4 cm³/mol. The van der Waals surface area contributed by atoms with Crippen molar-refractivity contribution in [3.8, 4) is 0 Å². The van der Waals surface area contributed by atoms with Gasteiger partial charge >= 0.3 is 5.97 Å². The average Bonchev–Trinajstić information content (AvgIpc) is 1.88. The van der Waals surface area contributed by atoms with Gasteiger partial charge in [-0.05, 0) is 12.8 Å². The number of carboxylic acids is 1. The standard InChI is InChI=1S/C7H12O2S/c8-7(9)5-3-1-2-4-6(5)10/h5-6,10H,1-4H2,(H,8,9)/t5-,6-/m0/s1. The van der Waals surface area contributed by atoms with Crippen LogP contribution in [0.5, 0.6) is 0 Å². The fourth-order valence-corrected chi connectivity index (χ4v) is 1.86. The van der Waals surface area contributed by atoms with Crippen molar-refractivity contribution in [1.82, 2.24) is 0 Å². The SMILES string of the molecule is O=C(O)[C@H]1CCCC[C@@H]1S. The van der Waals surface area contributed by atoms with Crippen LogP contribution in [-0.4, -0.2) is 16.3 Å². The van der Waals surface area contributed by atoms with Crippen molar-refractivity contribution >= 4 is 18.6 Å². The lowest BCUT2D eigenvalue weighted by atomic mass is 9.89. The van der Waals surface area contributed by atoms with Crippen molar-refractivity contribution in [2.45, 2.75) is 30.9 Å². The number of thiol groups is 1. The Labute approximate surface area is 66.0 Å². The van der Waals surface area contributed by atoms with Crippen LogP contribution in [-0.2, 0) is 4.79 Å². The van der Waals surface area contributed by atoms with Crippen molar-refractivity contribution in [3.05, 3.63) is 0 Å². The van der Waals surface area contributed by atoms with Crippen LogP contribution in [0.25, 0.3) is 0 Å². The molecule has 0 amide bonds. The van der Waals surface area contributed by atoms with E-state index in [2.05, 4.69) is 12.6 Å². The lowest BCUT2D eigenvalue weighted by molar-refractivity contribution is -0.142. The first-order chi connectivity index (χ1) is 4.72. The first-order valence-corrected chi connectivity index (χ1v) is 4.14. The zero-order chi connectivity index (χ0) is 7.56. The van der Waals surface area contributed by atoms with E-state index < -0.39 is 5.97 Å². The Morgan fingerprint density at radius 2 is 2.00 bits per heavy atom. The molecule has 1 rings (SSSR count). The summed E-state index contributed by atoms with van der Waals surface area (Å²) >= 11 is 4.21. The molecule has 0 radical (unpaired) electrons. The minimum atomic E-state index is -0.681. The average molecular weight is 160 g/mol. The molecule has 0 aromatic carbocycles. The van der Waals surface area contributed by atoms with Gasteiger partial charge in [0.25, 0.3) is 0 Å². The van der Waals surface area contributed by atoms with E-state index in [1.165, 1.54) is 0 Å². The van der Waals surface area contributed by atoms with Crippen molar-refractivity contribution < 1.29 is 9.90 Å². The first-order valence-electron chi connectivity index (χ1n) is 3.62. The van der Waals surface area contributed by atoms with Crippen LogP contribution in [0.3, 0.4) is 0 Å². The third kappa shape index (κ3) is 1.66. The molecule has 0 aliphatic heterocycles. The lowest BCUT2D eigenvalue weighted by Crippen LogP contribution is -2.27. The summed E-state index contributed by atoms with van der Waals surface area (Å²) in [4.78, 5) is 10.5. The van der Waals surface area contributed by atoms with E-state index in [1.54, 1.807) is 0 Å². The molecular weight excluding hydrogens is 148 g/mol. The summed E-state index contributed by atoms with van der Waals surface area (Å²) in [5, 5.41) is 8.75. The van der Waals surface area contributed by atoms with Crippen LogP contribution < -0.4 is 0 Å². The van der Waals surface area contributed by atoms with Gasteiger partial charge in [0, 0.05) is 5.25 Å². The zero-order valence-corrected chi connectivity index (χ0v) is 6.68. The maximum atomic E-state index is 10.5. The van der Waals surface area contributed by atoms with Gasteiger partial charge in [-0.3, -0.25) is 4.79 Å². The molecular formula is C7H12O2S. The fraction of sp³-hybridized carbons (Fsp3) is 0.857. The van der Waals surface area contributed by atoms with Crippen molar-refractivity contribution in [3.63, 3.8) is 0 Å². The van der Waals surface area contributed by atoms with Crippen molar-refractivity contribution in [1.29, 1.82) is 0 Å². The third-order valence-corrected chi connectivity index (χ3v) is 2.66. The first kappa shape index (κ1) is 7.92. The Bertz CT molecular complexity index is 136. The predicted octanol–water partition coefficient (Wildman–Crippen LogP) is 1.56. The van der Waals surface area contributed by atoms with Gasteiger partial charge in [0.2, 0.25) is 0 Å². The van der Waals surface area contributed by atoms with E-state index in [1.807, 2.05) is 0 Å². The molecule has 0 aromatic rings. The molecule has 0 heterocycles. The topological polar surface area (TPSA) is 37.3 Å². The van der Waals surface area contributed by atoms with Crippen LogP contribution in [0, 0.1) is 5.92 Å². The maximum Gasteiger partial charge on any atom is 0.307 e. The highest BCUT2D eigenvalue weighted by Gasteiger charge is 2.27. The summed E-state index contributed by atoms with van der Waals surface area (Å²) in [6.45, 7) is 0. The minimum absolute atomic E-state index is 0.0891. The third-order valence-electron chi connectivity index (χ3n) is 2.05. The number of carbonyl (C=O) groups is 1. The molecule has 2 atom stereocenters. The Balaban J connectivity index is 2.47. The molecule has 2 nitrogen and oxygen atoms in total. The van der Waals surface area contributed by atoms with Crippen LogP contribution in [0.15, 0.2) is 0 Å². The van der Waals surface area contributed by atoms with Gasteiger partial charge in [0.05, 0.1) is 5.92 Å². The van der Waals surface area contributed by atoms with Crippen molar-refractivity contribution in [2.75, 3.05) is 0 Å². The Kier molecular flexibility index (Phi) is 2.60. The van der Waals surface area contributed by atoms with Crippen molar-refractivity contribution in [2.24, 2.45) is 5.92 Å². The van der Waals surface area contributed by atoms with E-state index in [9.17, 15) is 4.79 Å². The molecule has 1 N–H and O–H groups in total. The summed E-state index contributed by atoms with van der Waals surface area (Å²) in [6.07, 6.45) is 3.95. The fourth-order valence-electron chi connectivity index (χ4n) is 1.40. The molecule has 1 aliphatic carbocycles. The van der Waals surface area contributed by atoms with Crippen LogP contribution in [0.1, 0.15) is 25.7 Å². The van der Waals surface area contributed by atoms with Gasteiger partial charge in [0.15, 0.2) is 0 Å². The molecule has 1 aliphatic rings. The van der Waals surface area contributed by atoms with E-state index in [-0.39, 0.29) is 11.2 Å². The Hall–Kier alpha value is -0.180. The van der Waals surface area contributed by atoms with Gasteiger partial charge < -0.3 is 5.11 Å². The zero-order valence-electron chi connectivity index (χ0n) is 5.79. The highest BCUT2D eigenvalue weighted by atomic mass is 32.1. The van der Waals surface area contributed by atoms with Gasteiger partial charge in [-0.25, -0.2) is 0 Å². The lowest BCUT2D eigenvalue weighted by Gasteiger charge is -2.23. The highest BCUT2D eigenvalue weighted by molar-refractivity contribution is 7.81. The summed E-state index contributed by atoms with van der Waals surface area (Å²) in [7, 11) is 0. The molecule has 0 saturated heterocycles. The maximum absolute atomic E-state index is 10.5. The Morgan fingerprint density at radius 3 is 2.40 bits per heavy atom. The quantitative estimate of drug-likeness (QED) is 0.571. The molecule has 1 saturated carbocycles. The molecule has 1 fully saturated rings. The normalized spacial score (nSPS) is 33.7. The summed E-state index contributed by atoms with van der Waals surface area (Å²) in [6, 6.07) is 0.